The standard InChI is InChI=1S/C18H27N5O2/c1-18(2,3)14-6-7-15(21-20-14)23-10-13(11-23)22(4)17(25)12-5-8-16(24)19-9-12/h6-7,12-13H,5,8-11H2,1-4H3,(H,19,24). The van der Waals surface area contributed by atoms with Crippen molar-refractivity contribution in [3.05, 3.63) is 17.8 Å². The number of anilines is 1. The molecule has 0 saturated carbocycles. The molecule has 0 spiro atoms. The van der Waals surface area contributed by atoms with Crippen molar-refractivity contribution in [2.24, 2.45) is 5.92 Å². The summed E-state index contributed by atoms with van der Waals surface area (Å²) in [6.45, 7) is 8.34. The highest BCUT2D eigenvalue weighted by Crippen LogP contribution is 2.25. The van der Waals surface area contributed by atoms with Crippen LogP contribution in [-0.2, 0) is 15.0 Å². The molecule has 7 nitrogen and oxygen atoms in total. The van der Waals surface area contributed by atoms with Gasteiger partial charge in [0.2, 0.25) is 11.8 Å². The first kappa shape index (κ1) is 17.6. The maximum Gasteiger partial charge on any atom is 0.227 e. The average Bonchev–Trinajstić information content (AvgIpc) is 2.53. The van der Waals surface area contributed by atoms with Crippen molar-refractivity contribution < 1.29 is 9.59 Å². The van der Waals surface area contributed by atoms with Crippen LogP contribution >= 0.6 is 0 Å². The van der Waals surface area contributed by atoms with Crippen LogP contribution in [0.5, 0.6) is 0 Å². The Kier molecular flexibility index (Phi) is 4.67. The summed E-state index contributed by atoms with van der Waals surface area (Å²) in [6, 6.07) is 4.21. The number of aromatic nitrogens is 2. The minimum Gasteiger partial charge on any atom is -0.355 e. The Morgan fingerprint density at radius 3 is 2.52 bits per heavy atom. The van der Waals surface area contributed by atoms with E-state index in [9.17, 15) is 9.59 Å². The van der Waals surface area contributed by atoms with Crippen LogP contribution in [0.1, 0.15) is 39.3 Å². The van der Waals surface area contributed by atoms with Gasteiger partial charge in [-0.1, -0.05) is 20.8 Å². The fourth-order valence-corrected chi connectivity index (χ4v) is 3.19. The molecule has 1 N–H and O–H groups in total. The Bertz CT molecular complexity index is 636. The highest BCUT2D eigenvalue weighted by atomic mass is 16.2. The highest BCUT2D eigenvalue weighted by molar-refractivity contribution is 5.84. The number of carbonyl (C=O) groups excluding carboxylic acids is 2. The maximum absolute atomic E-state index is 12.6. The molecule has 25 heavy (non-hydrogen) atoms. The quantitative estimate of drug-likeness (QED) is 0.882. The summed E-state index contributed by atoms with van der Waals surface area (Å²) in [7, 11) is 1.86. The second-order valence-electron chi connectivity index (χ2n) is 8.07. The zero-order valence-electron chi connectivity index (χ0n) is 15.5. The van der Waals surface area contributed by atoms with E-state index in [0.29, 0.717) is 19.4 Å². The van der Waals surface area contributed by atoms with E-state index in [1.165, 1.54) is 0 Å². The molecular formula is C18H27N5O2. The van der Waals surface area contributed by atoms with Crippen LogP contribution in [0.2, 0.25) is 0 Å². The predicted octanol–water partition coefficient (Wildman–Crippen LogP) is 0.947. The van der Waals surface area contributed by atoms with Crippen molar-refractivity contribution >= 4 is 17.6 Å². The Hall–Kier alpha value is -2.18. The molecule has 1 aromatic rings. The van der Waals surface area contributed by atoms with E-state index in [1.54, 1.807) is 0 Å². The average molecular weight is 345 g/mol. The number of amides is 2. The first-order valence-electron chi connectivity index (χ1n) is 8.88. The third-order valence-corrected chi connectivity index (χ3v) is 5.12. The van der Waals surface area contributed by atoms with Gasteiger partial charge >= 0.3 is 0 Å². The van der Waals surface area contributed by atoms with Crippen LogP contribution in [0.4, 0.5) is 5.82 Å². The lowest BCUT2D eigenvalue weighted by atomic mass is 9.92. The van der Waals surface area contributed by atoms with Crippen molar-refractivity contribution in [2.75, 3.05) is 31.6 Å². The van der Waals surface area contributed by atoms with Gasteiger partial charge in [0, 0.05) is 38.5 Å². The van der Waals surface area contributed by atoms with Gasteiger partial charge in [-0.25, -0.2) is 0 Å². The van der Waals surface area contributed by atoms with E-state index in [0.717, 1.165) is 24.6 Å². The first-order valence-corrected chi connectivity index (χ1v) is 8.88. The van der Waals surface area contributed by atoms with Gasteiger partial charge in [-0.05, 0) is 18.6 Å². The van der Waals surface area contributed by atoms with E-state index in [4.69, 9.17) is 0 Å². The van der Waals surface area contributed by atoms with Gasteiger partial charge in [0.05, 0.1) is 17.7 Å². The van der Waals surface area contributed by atoms with E-state index in [-0.39, 0.29) is 29.2 Å². The number of hydrogen-bond acceptors (Lipinski definition) is 5. The summed E-state index contributed by atoms with van der Waals surface area (Å²) in [5, 5.41) is 11.4. The molecule has 2 aliphatic rings. The minimum absolute atomic E-state index is 0.00887. The Balaban J connectivity index is 1.53. The number of rotatable bonds is 3. The fraction of sp³-hybridized carbons (Fsp3) is 0.667. The Morgan fingerprint density at radius 2 is 2.00 bits per heavy atom. The van der Waals surface area contributed by atoms with Gasteiger partial charge in [-0.3, -0.25) is 9.59 Å². The first-order chi connectivity index (χ1) is 11.8. The van der Waals surface area contributed by atoms with E-state index >= 15 is 0 Å². The zero-order chi connectivity index (χ0) is 18.2. The SMILES string of the molecule is CN(C(=O)C1CCC(=O)NC1)C1CN(c2ccc(C(C)(C)C)nn2)C1. The summed E-state index contributed by atoms with van der Waals surface area (Å²) in [6.07, 6.45) is 1.09. The van der Waals surface area contributed by atoms with E-state index in [2.05, 4.69) is 41.2 Å². The summed E-state index contributed by atoms with van der Waals surface area (Å²) in [5.74, 6) is 0.926. The minimum atomic E-state index is -0.0948. The van der Waals surface area contributed by atoms with Crippen LogP contribution in [0, 0.1) is 5.92 Å². The second kappa shape index (κ2) is 6.61. The normalized spacial score (nSPS) is 21.5. The molecule has 3 rings (SSSR count). The third-order valence-electron chi connectivity index (χ3n) is 5.12. The van der Waals surface area contributed by atoms with Crippen LogP contribution < -0.4 is 10.2 Å². The summed E-state index contributed by atoms with van der Waals surface area (Å²) >= 11 is 0. The molecule has 1 atom stereocenters. The molecule has 2 aliphatic heterocycles. The van der Waals surface area contributed by atoms with Crippen molar-refractivity contribution in [1.29, 1.82) is 0 Å². The van der Waals surface area contributed by atoms with Gasteiger partial charge in [-0.15, -0.1) is 5.10 Å². The van der Waals surface area contributed by atoms with Gasteiger partial charge in [-0.2, -0.15) is 5.10 Å². The number of nitrogens with zero attached hydrogens (tertiary/aromatic N) is 4. The van der Waals surface area contributed by atoms with E-state index < -0.39 is 0 Å². The molecule has 1 aromatic heterocycles. The second-order valence-corrected chi connectivity index (χ2v) is 8.07. The molecule has 7 heteroatoms. The summed E-state index contributed by atoms with van der Waals surface area (Å²) in [5.41, 5.74) is 0.963. The van der Waals surface area contributed by atoms with Crippen molar-refractivity contribution in [1.82, 2.24) is 20.4 Å². The molecule has 136 valence electrons. The lowest BCUT2D eigenvalue weighted by Gasteiger charge is -2.45. The molecule has 0 radical (unpaired) electrons. The Labute approximate surface area is 148 Å². The van der Waals surface area contributed by atoms with Crippen LogP contribution in [0.3, 0.4) is 0 Å². The number of likely N-dealkylation sites (N-methyl/N-ethyl adjacent to an activating group) is 1. The zero-order valence-corrected chi connectivity index (χ0v) is 15.5. The van der Waals surface area contributed by atoms with Gasteiger partial charge < -0.3 is 15.1 Å². The van der Waals surface area contributed by atoms with E-state index in [1.807, 2.05) is 24.1 Å². The van der Waals surface area contributed by atoms with Crippen LogP contribution in [0.15, 0.2) is 12.1 Å². The lowest BCUT2D eigenvalue weighted by molar-refractivity contribution is -0.138. The smallest absolute Gasteiger partial charge is 0.227 e. The van der Waals surface area contributed by atoms with Crippen LogP contribution in [0.25, 0.3) is 0 Å². The molecule has 0 aliphatic carbocycles. The molecule has 0 aromatic carbocycles. The highest BCUT2D eigenvalue weighted by Gasteiger charge is 2.36. The molecule has 2 fully saturated rings. The molecular weight excluding hydrogens is 318 g/mol. The Morgan fingerprint density at radius 1 is 1.28 bits per heavy atom. The third kappa shape index (κ3) is 3.75. The lowest BCUT2D eigenvalue weighted by Crippen LogP contribution is -2.61. The van der Waals surface area contributed by atoms with Crippen molar-refractivity contribution in [3.8, 4) is 0 Å². The largest absolute Gasteiger partial charge is 0.355 e. The number of hydrogen-bond donors (Lipinski definition) is 1. The maximum atomic E-state index is 12.6. The molecule has 1 unspecified atom stereocenters. The fourth-order valence-electron chi connectivity index (χ4n) is 3.19. The van der Waals surface area contributed by atoms with Gasteiger partial charge in [0.15, 0.2) is 5.82 Å². The number of nitrogens with one attached hydrogen (secondary N) is 1. The molecule has 2 saturated heterocycles. The molecule has 3 heterocycles. The number of carbonyl (C=O) groups is 2. The van der Waals surface area contributed by atoms with Crippen LogP contribution in [-0.4, -0.2) is 59.6 Å². The molecule has 2 amide bonds. The van der Waals surface area contributed by atoms with Crippen molar-refractivity contribution in [2.45, 2.75) is 45.1 Å². The topological polar surface area (TPSA) is 78.4 Å². The van der Waals surface area contributed by atoms with Gasteiger partial charge in [0.1, 0.15) is 0 Å². The molecule has 0 bridgehead atoms. The summed E-state index contributed by atoms with van der Waals surface area (Å²) in [4.78, 5) is 27.8. The van der Waals surface area contributed by atoms with Crippen molar-refractivity contribution in [3.63, 3.8) is 0 Å². The predicted molar refractivity (Wildman–Crippen MR) is 95.2 cm³/mol. The number of piperidine rings is 1. The van der Waals surface area contributed by atoms with Gasteiger partial charge in [0.25, 0.3) is 0 Å². The summed E-state index contributed by atoms with van der Waals surface area (Å²) < 4.78 is 0. The monoisotopic (exact) mass is 345 g/mol.